The van der Waals surface area contributed by atoms with Gasteiger partial charge in [0.2, 0.25) is 17.5 Å². The lowest BCUT2D eigenvalue weighted by atomic mass is 10.1. The van der Waals surface area contributed by atoms with Gasteiger partial charge in [0.25, 0.3) is 0 Å². The first-order valence-electron chi connectivity index (χ1n) is 8.49. The zero-order chi connectivity index (χ0) is 19.8. The van der Waals surface area contributed by atoms with Gasteiger partial charge in [-0.05, 0) is 11.1 Å². The van der Waals surface area contributed by atoms with Crippen molar-refractivity contribution in [3.63, 3.8) is 0 Å². The number of carbonyl (C=O) groups excluding carboxylic acids is 1. The minimum Gasteiger partial charge on any atom is -0.360 e. The molecule has 0 radical (unpaired) electrons. The molecular weight excluding hydrogens is 360 g/mol. The Balaban J connectivity index is 1.68. The molecule has 0 aliphatic carbocycles. The predicted molar refractivity (Wildman–Crippen MR) is 104 cm³/mol. The maximum Gasteiger partial charge on any atom is 0.354 e. The Morgan fingerprint density at radius 1 is 0.929 bits per heavy atom. The summed E-state index contributed by atoms with van der Waals surface area (Å²) in [5, 5.41) is 14.5. The summed E-state index contributed by atoms with van der Waals surface area (Å²) < 4.78 is 0. The third-order valence-electron chi connectivity index (χ3n) is 3.84. The van der Waals surface area contributed by atoms with Gasteiger partial charge in [-0.1, -0.05) is 60.7 Å². The third-order valence-corrected chi connectivity index (χ3v) is 3.84. The second-order valence-corrected chi connectivity index (χ2v) is 5.85. The van der Waals surface area contributed by atoms with Crippen molar-refractivity contribution in [3.8, 4) is 0 Å². The molecule has 0 bridgehead atoms. The maximum atomic E-state index is 12.1. The molecule has 3 rings (SSSR count). The number of hydrazine groups is 1. The van der Waals surface area contributed by atoms with Crippen LogP contribution >= 0.6 is 0 Å². The van der Waals surface area contributed by atoms with Crippen molar-refractivity contribution in [2.45, 2.75) is 13.0 Å². The summed E-state index contributed by atoms with van der Waals surface area (Å²) in [5.41, 5.74) is 6.37. The first-order valence-corrected chi connectivity index (χ1v) is 8.49. The molecule has 0 atom stereocenters. The number of anilines is 2. The Hall–Kier alpha value is -4.01. The average Bonchev–Trinajstić information content (AvgIpc) is 2.72. The molecule has 1 aromatic heterocycles. The van der Waals surface area contributed by atoms with E-state index in [1.54, 1.807) is 0 Å². The van der Waals surface area contributed by atoms with Gasteiger partial charge in [0.05, 0.1) is 11.3 Å². The monoisotopic (exact) mass is 378 g/mol. The molecular formula is C19H18N6O3. The van der Waals surface area contributed by atoms with Crippen LogP contribution in [0.25, 0.3) is 0 Å². The molecule has 0 saturated heterocycles. The van der Waals surface area contributed by atoms with E-state index in [1.807, 2.05) is 60.7 Å². The van der Waals surface area contributed by atoms with Crippen molar-refractivity contribution in [3.05, 3.63) is 88.2 Å². The van der Waals surface area contributed by atoms with E-state index in [0.717, 1.165) is 11.1 Å². The van der Waals surface area contributed by atoms with Crippen LogP contribution in [-0.2, 0) is 17.8 Å². The minimum atomic E-state index is -0.598. The largest absolute Gasteiger partial charge is 0.360 e. The fraction of sp³-hybridized carbons (Fsp3) is 0.105. The fourth-order valence-electron chi connectivity index (χ4n) is 2.51. The Kier molecular flexibility index (Phi) is 6.09. The minimum absolute atomic E-state index is 0.0589. The summed E-state index contributed by atoms with van der Waals surface area (Å²) in [4.78, 5) is 30.8. The first kappa shape index (κ1) is 18.8. The van der Waals surface area contributed by atoms with Crippen LogP contribution in [-0.4, -0.2) is 20.8 Å². The molecule has 0 spiro atoms. The standard InChI is InChI=1S/C19H18N6O3/c26-16(11-14-7-3-1-4-8-14)23-24-19-17(25(27)28)18(21-13-22-19)20-12-15-9-5-2-6-10-15/h1-10,13H,11-12H2,(H,23,26)(H2,20,21,22,24). The van der Waals surface area contributed by atoms with Gasteiger partial charge in [-0.25, -0.2) is 9.97 Å². The smallest absolute Gasteiger partial charge is 0.354 e. The van der Waals surface area contributed by atoms with Gasteiger partial charge in [0.1, 0.15) is 6.33 Å². The number of aromatic nitrogens is 2. The van der Waals surface area contributed by atoms with E-state index < -0.39 is 4.92 Å². The Morgan fingerprint density at radius 2 is 1.54 bits per heavy atom. The molecule has 1 heterocycles. The molecule has 9 heteroatoms. The normalized spacial score (nSPS) is 10.1. The zero-order valence-electron chi connectivity index (χ0n) is 14.8. The van der Waals surface area contributed by atoms with Crippen LogP contribution in [0.4, 0.5) is 17.3 Å². The highest BCUT2D eigenvalue weighted by atomic mass is 16.6. The van der Waals surface area contributed by atoms with Crippen molar-refractivity contribution in [1.82, 2.24) is 15.4 Å². The van der Waals surface area contributed by atoms with E-state index in [4.69, 9.17) is 0 Å². The van der Waals surface area contributed by atoms with Crippen LogP contribution in [0.1, 0.15) is 11.1 Å². The first-order chi connectivity index (χ1) is 13.6. The highest BCUT2D eigenvalue weighted by Gasteiger charge is 2.23. The third kappa shape index (κ3) is 5.01. The number of nitro groups is 1. The summed E-state index contributed by atoms with van der Waals surface area (Å²) in [5.74, 6) is -0.390. The highest BCUT2D eigenvalue weighted by molar-refractivity contribution is 5.80. The van der Waals surface area contributed by atoms with Crippen molar-refractivity contribution >= 4 is 23.2 Å². The summed E-state index contributed by atoms with van der Waals surface area (Å²) in [6.07, 6.45) is 1.32. The Bertz CT molecular complexity index is 950. The molecule has 0 fully saturated rings. The lowest BCUT2D eigenvalue weighted by Gasteiger charge is -2.11. The SMILES string of the molecule is O=C(Cc1ccccc1)NNc1ncnc(NCc2ccccc2)c1[N+](=O)[O-]. The molecule has 3 aromatic rings. The molecule has 3 N–H and O–H groups in total. The number of rotatable bonds is 8. The van der Waals surface area contributed by atoms with Crippen molar-refractivity contribution < 1.29 is 9.72 Å². The van der Waals surface area contributed by atoms with Gasteiger partial charge in [-0.15, -0.1) is 0 Å². The quantitative estimate of drug-likeness (QED) is 0.407. The number of nitrogens with one attached hydrogen (secondary N) is 3. The molecule has 142 valence electrons. The van der Waals surface area contributed by atoms with E-state index in [-0.39, 0.29) is 29.7 Å². The summed E-state index contributed by atoms with van der Waals surface area (Å²) >= 11 is 0. The lowest BCUT2D eigenvalue weighted by Crippen LogP contribution is -2.31. The van der Waals surface area contributed by atoms with Crippen molar-refractivity contribution in [2.24, 2.45) is 0 Å². The van der Waals surface area contributed by atoms with Gasteiger partial charge in [-0.2, -0.15) is 0 Å². The maximum absolute atomic E-state index is 12.1. The molecule has 0 aliphatic heterocycles. The van der Waals surface area contributed by atoms with Crippen LogP contribution < -0.4 is 16.2 Å². The number of hydrogen-bond acceptors (Lipinski definition) is 7. The highest BCUT2D eigenvalue weighted by Crippen LogP contribution is 2.28. The van der Waals surface area contributed by atoms with Crippen LogP contribution in [0.5, 0.6) is 0 Å². The van der Waals surface area contributed by atoms with E-state index in [9.17, 15) is 14.9 Å². The van der Waals surface area contributed by atoms with Crippen molar-refractivity contribution in [2.75, 3.05) is 10.7 Å². The topological polar surface area (TPSA) is 122 Å². The average molecular weight is 378 g/mol. The second-order valence-electron chi connectivity index (χ2n) is 5.85. The summed E-state index contributed by atoms with van der Waals surface area (Å²) in [6.45, 7) is 0.360. The molecule has 0 aliphatic rings. The Morgan fingerprint density at radius 3 is 2.18 bits per heavy atom. The van der Waals surface area contributed by atoms with E-state index >= 15 is 0 Å². The molecule has 1 amide bonds. The van der Waals surface area contributed by atoms with Crippen LogP contribution in [0.2, 0.25) is 0 Å². The number of amides is 1. The Labute approximate surface area is 161 Å². The molecule has 9 nitrogen and oxygen atoms in total. The van der Waals surface area contributed by atoms with Crippen LogP contribution in [0, 0.1) is 10.1 Å². The summed E-state index contributed by atoms with van der Waals surface area (Å²) in [7, 11) is 0. The molecule has 0 unspecified atom stereocenters. The molecule has 0 saturated carbocycles. The predicted octanol–water partition coefficient (Wildman–Crippen LogP) is 2.68. The van der Waals surface area contributed by atoms with Crippen LogP contribution in [0.15, 0.2) is 67.0 Å². The number of hydrogen-bond donors (Lipinski definition) is 3. The summed E-state index contributed by atoms with van der Waals surface area (Å²) in [6, 6.07) is 18.6. The zero-order valence-corrected chi connectivity index (χ0v) is 14.8. The lowest BCUT2D eigenvalue weighted by molar-refractivity contribution is -0.383. The number of nitrogens with zero attached hydrogens (tertiary/aromatic N) is 3. The number of carbonyl (C=O) groups is 1. The van der Waals surface area contributed by atoms with E-state index in [2.05, 4.69) is 26.1 Å². The van der Waals surface area contributed by atoms with Gasteiger partial charge < -0.3 is 5.32 Å². The van der Waals surface area contributed by atoms with Gasteiger partial charge >= 0.3 is 5.69 Å². The number of benzene rings is 2. The molecule has 28 heavy (non-hydrogen) atoms. The van der Waals surface area contributed by atoms with Gasteiger partial charge in [-0.3, -0.25) is 25.8 Å². The fourth-order valence-corrected chi connectivity index (χ4v) is 2.51. The van der Waals surface area contributed by atoms with E-state index in [1.165, 1.54) is 6.33 Å². The van der Waals surface area contributed by atoms with E-state index in [0.29, 0.717) is 6.54 Å². The van der Waals surface area contributed by atoms with Gasteiger partial charge in [0.15, 0.2) is 0 Å². The van der Waals surface area contributed by atoms with Crippen molar-refractivity contribution in [1.29, 1.82) is 0 Å². The second kappa shape index (κ2) is 9.08. The molecule has 2 aromatic carbocycles. The van der Waals surface area contributed by atoms with Crippen LogP contribution in [0.3, 0.4) is 0 Å². The van der Waals surface area contributed by atoms with Gasteiger partial charge in [0, 0.05) is 6.54 Å².